The van der Waals surface area contributed by atoms with E-state index in [0.29, 0.717) is 5.69 Å². The van der Waals surface area contributed by atoms with E-state index in [0.717, 1.165) is 12.1 Å². The minimum absolute atomic E-state index is 0.0227. The standard InChI is InChI=1S/C13H17N3O5/c1-7(2)14-12(17)8(3)15-9-4-5-10(13(18)19)11(6-9)16(20)21/h4-8,15H,1-3H3,(H,14,17)(H,18,19). The van der Waals surface area contributed by atoms with Gasteiger partial charge >= 0.3 is 5.97 Å². The number of amides is 1. The van der Waals surface area contributed by atoms with Crippen LogP contribution in [0.2, 0.25) is 0 Å². The fraction of sp³-hybridized carbons (Fsp3) is 0.385. The largest absolute Gasteiger partial charge is 0.477 e. The molecule has 0 spiro atoms. The van der Waals surface area contributed by atoms with Gasteiger partial charge in [0, 0.05) is 17.8 Å². The molecule has 8 heteroatoms. The average molecular weight is 295 g/mol. The van der Waals surface area contributed by atoms with Gasteiger partial charge in [-0.05, 0) is 32.9 Å². The number of carbonyl (C=O) groups excluding carboxylic acids is 1. The van der Waals surface area contributed by atoms with Crippen molar-refractivity contribution in [3.63, 3.8) is 0 Å². The molecule has 0 aliphatic heterocycles. The van der Waals surface area contributed by atoms with Gasteiger partial charge in [-0.1, -0.05) is 0 Å². The summed E-state index contributed by atoms with van der Waals surface area (Å²) in [6.07, 6.45) is 0. The molecule has 3 N–H and O–H groups in total. The molecule has 1 rings (SSSR count). The Morgan fingerprint density at radius 2 is 1.90 bits per heavy atom. The number of anilines is 1. The Morgan fingerprint density at radius 3 is 2.38 bits per heavy atom. The molecule has 1 aromatic rings. The quantitative estimate of drug-likeness (QED) is 0.541. The molecule has 1 unspecified atom stereocenters. The Kier molecular flexibility index (Phi) is 5.23. The summed E-state index contributed by atoms with van der Waals surface area (Å²) in [5.74, 6) is -1.63. The van der Waals surface area contributed by atoms with Crippen LogP contribution in [-0.4, -0.2) is 34.0 Å². The first-order chi connectivity index (χ1) is 9.72. The molecule has 0 aromatic heterocycles. The van der Waals surface area contributed by atoms with Crippen molar-refractivity contribution in [2.45, 2.75) is 32.9 Å². The lowest BCUT2D eigenvalue weighted by atomic mass is 10.1. The second-order valence-corrected chi connectivity index (χ2v) is 4.82. The molecule has 114 valence electrons. The van der Waals surface area contributed by atoms with Crippen LogP contribution in [0.3, 0.4) is 0 Å². The molecule has 0 aliphatic rings. The first-order valence-electron chi connectivity index (χ1n) is 6.31. The van der Waals surface area contributed by atoms with Crippen LogP contribution in [0, 0.1) is 10.1 Å². The van der Waals surface area contributed by atoms with Crippen molar-refractivity contribution in [3.8, 4) is 0 Å². The van der Waals surface area contributed by atoms with Crippen LogP contribution >= 0.6 is 0 Å². The predicted molar refractivity (Wildman–Crippen MR) is 76.4 cm³/mol. The van der Waals surface area contributed by atoms with Gasteiger partial charge in [0.2, 0.25) is 5.91 Å². The lowest BCUT2D eigenvalue weighted by Crippen LogP contribution is -2.40. The molecule has 21 heavy (non-hydrogen) atoms. The topological polar surface area (TPSA) is 122 Å². The molecule has 0 radical (unpaired) electrons. The number of nitrogens with zero attached hydrogens (tertiary/aromatic N) is 1. The molecule has 0 aliphatic carbocycles. The summed E-state index contributed by atoms with van der Waals surface area (Å²) < 4.78 is 0. The van der Waals surface area contributed by atoms with E-state index in [1.807, 2.05) is 13.8 Å². The zero-order chi connectivity index (χ0) is 16.2. The van der Waals surface area contributed by atoms with E-state index in [9.17, 15) is 19.7 Å². The van der Waals surface area contributed by atoms with E-state index < -0.39 is 28.2 Å². The van der Waals surface area contributed by atoms with Gasteiger partial charge in [0.05, 0.1) is 4.92 Å². The van der Waals surface area contributed by atoms with Crippen molar-refractivity contribution >= 4 is 23.3 Å². The Labute approximate surface area is 121 Å². The zero-order valence-corrected chi connectivity index (χ0v) is 11.9. The second kappa shape index (κ2) is 6.69. The third kappa shape index (κ3) is 4.44. The summed E-state index contributed by atoms with van der Waals surface area (Å²) in [6, 6.07) is 2.99. The summed E-state index contributed by atoms with van der Waals surface area (Å²) in [5, 5.41) is 25.3. The van der Waals surface area contributed by atoms with Crippen molar-refractivity contribution in [3.05, 3.63) is 33.9 Å². The summed E-state index contributed by atoms with van der Waals surface area (Å²) in [6.45, 7) is 5.24. The number of rotatable bonds is 6. The van der Waals surface area contributed by atoms with Crippen molar-refractivity contribution in [1.82, 2.24) is 5.32 Å². The fourth-order valence-electron chi connectivity index (χ4n) is 1.68. The highest BCUT2D eigenvalue weighted by Crippen LogP contribution is 2.23. The van der Waals surface area contributed by atoms with Crippen LogP contribution in [-0.2, 0) is 4.79 Å². The number of nitrogens with one attached hydrogen (secondary N) is 2. The Bertz CT molecular complexity index is 571. The van der Waals surface area contributed by atoms with Crippen LogP contribution in [0.4, 0.5) is 11.4 Å². The van der Waals surface area contributed by atoms with Crippen molar-refractivity contribution in [2.75, 3.05) is 5.32 Å². The molecule has 1 aromatic carbocycles. The average Bonchev–Trinajstić information content (AvgIpc) is 2.37. The lowest BCUT2D eigenvalue weighted by Gasteiger charge is -2.17. The highest BCUT2D eigenvalue weighted by Gasteiger charge is 2.21. The minimum Gasteiger partial charge on any atom is -0.477 e. The molecule has 0 saturated carbocycles. The summed E-state index contributed by atoms with van der Waals surface area (Å²) in [7, 11) is 0. The van der Waals surface area contributed by atoms with Gasteiger partial charge in [-0.25, -0.2) is 4.79 Å². The monoisotopic (exact) mass is 295 g/mol. The lowest BCUT2D eigenvalue weighted by molar-refractivity contribution is -0.385. The summed E-state index contributed by atoms with van der Waals surface area (Å²) in [4.78, 5) is 32.8. The van der Waals surface area contributed by atoms with E-state index in [2.05, 4.69) is 10.6 Å². The number of nitro groups is 1. The van der Waals surface area contributed by atoms with Gasteiger partial charge in [0.25, 0.3) is 5.69 Å². The Balaban J connectivity index is 2.95. The third-order valence-corrected chi connectivity index (χ3v) is 2.63. The predicted octanol–water partition coefficient (Wildman–Crippen LogP) is 1.62. The van der Waals surface area contributed by atoms with E-state index in [1.165, 1.54) is 6.07 Å². The molecular weight excluding hydrogens is 278 g/mol. The number of hydrogen-bond donors (Lipinski definition) is 3. The molecule has 1 atom stereocenters. The fourth-order valence-corrected chi connectivity index (χ4v) is 1.68. The maximum Gasteiger partial charge on any atom is 0.342 e. The molecule has 0 saturated heterocycles. The Hall–Kier alpha value is -2.64. The van der Waals surface area contributed by atoms with Crippen molar-refractivity contribution in [2.24, 2.45) is 0 Å². The van der Waals surface area contributed by atoms with Crippen molar-refractivity contribution in [1.29, 1.82) is 0 Å². The number of hydrogen-bond acceptors (Lipinski definition) is 5. The maximum atomic E-state index is 11.8. The van der Waals surface area contributed by atoms with Gasteiger partial charge < -0.3 is 15.7 Å². The first kappa shape index (κ1) is 16.4. The van der Waals surface area contributed by atoms with Crippen LogP contribution < -0.4 is 10.6 Å². The molecule has 8 nitrogen and oxygen atoms in total. The Morgan fingerprint density at radius 1 is 1.29 bits per heavy atom. The van der Waals surface area contributed by atoms with Crippen molar-refractivity contribution < 1.29 is 19.6 Å². The summed E-state index contributed by atoms with van der Waals surface area (Å²) >= 11 is 0. The van der Waals surface area contributed by atoms with Gasteiger partial charge in [-0.2, -0.15) is 0 Å². The van der Waals surface area contributed by atoms with Crippen LogP contribution in [0.1, 0.15) is 31.1 Å². The highest BCUT2D eigenvalue weighted by atomic mass is 16.6. The van der Waals surface area contributed by atoms with Gasteiger partial charge in [-0.3, -0.25) is 14.9 Å². The van der Waals surface area contributed by atoms with Gasteiger partial charge in [0.15, 0.2) is 0 Å². The second-order valence-electron chi connectivity index (χ2n) is 4.82. The van der Waals surface area contributed by atoms with Gasteiger partial charge in [0.1, 0.15) is 11.6 Å². The zero-order valence-electron chi connectivity index (χ0n) is 11.9. The molecular formula is C13H17N3O5. The smallest absolute Gasteiger partial charge is 0.342 e. The molecule has 0 fully saturated rings. The molecule has 0 heterocycles. The highest BCUT2D eigenvalue weighted by molar-refractivity contribution is 5.93. The number of nitro benzene ring substituents is 1. The molecule has 1 amide bonds. The van der Waals surface area contributed by atoms with Crippen LogP contribution in [0.15, 0.2) is 18.2 Å². The maximum absolute atomic E-state index is 11.8. The van der Waals surface area contributed by atoms with Gasteiger partial charge in [-0.15, -0.1) is 0 Å². The first-order valence-corrected chi connectivity index (χ1v) is 6.31. The normalized spacial score (nSPS) is 11.8. The summed E-state index contributed by atoms with van der Waals surface area (Å²) in [5.41, 5.74) is -0.619. The van der Waals surface area contributed by atoms with Crippen LogP contribution in [0.5, 0.6) is 0 Å². The number of carbonyl (C=O) groups is 2. The van der Waals surface area contributed by atoms with E-state index in [1.54, 1.807) is 6.92 Å². The minimum atomic E-state index is -1.38. The van der Waals surface area contributed by atoms with Crippen LogP contribution in [0.25, 0.3) is 0 Å². The SMILES string of the molecule is CC(C)NC(=O)C(C)Nc1ccc(C(=O)O)c([N+](=O)[O-])c1. The number of carboxylic acid groups (broad SMARTS) is 1. The molecule has 0 bridgehead atoms. The van der Waals surface area contributed by atoms with E-state index >= 15 is 0 Å². The number of carboxylic acids is 1. The van der Waals surface area contributed by atoms with E-state index in [-0.39, 0.29) is 11.9 Å². The third-order valence-electron chi connectivity index (χ3n) is 2.63. The number of aromatic carboxylic acids is 1. The number of benzene rings is 1. The van der Waals surface area contributed by atoms with E-state index in [4.69, 9.17) is 5.11 Å².